The van der Waals surface area contributed by atoms with Crippen molar-refractivity contribution >= 4 is 23.3 Å². The van der Waals surface area contributed by atoms with Gasteiger partial charge >= 0.3 is 0 Å². The summed E-state index contributed by atoms with van der Waals surface area (Å²) >= 11 is 6.16. The van der Waals surface area contributed by atoms with Gasteiger partial charge in [-0.1, -0.05) is 11.6 Å². The Labute approximate surface area is 146 Å². The van der Waals surface area contributed by atoms with Gasteiger partial charge in [0.1, 0.15) is 5.82 Å². The minimum Gasteiger partial charge on any atom is -0.384 e. The van der Waals surface area contributed by atoms with Gasteiger partial charge in [-0.3, -0.25) is 14.7 Å². The van der Waals surface area contributed by atoms with Crippen LogP contribution in [0.1, 0.15) is 22.3 Å². The largest absolute Gasteiger partial charge is 0.384 e. The number of nitrogen functional groups attached to an aromatic ring is 1. The molecule has 0 saturated carbocycles. The van der Waals surface area contributed by atoms with Gasteiger partial charge in [-0.25, -0.2) is 4.98 Å². The van der Waals surface area contributed by atoms with Crippen molar-refractivity contribution < 1.29 is 4.79 Å². The normalized spacial score (nSPS) is 17.8. The Balaban J connectivity index is 1.48. The summed E-state index contributed by atoms with van der Waals surface area (Å²) in [5.41, 5.74) is 7.23. The van der Waals surface area contributed by atoms with Crippen LogP contribution in [0.4, 0.5) is 5.82 Å². The van der Waals surface area contributed by atoms with Crippen LogP contribution >= 0.6 is 11.6 Å². The number of carbonyl (C=O) groups is 1. The molecule has 3 rings (SSSR count). The first-order chi connectivity index (χ1) is 11.6. The average Bonchev–Trinajstić information content (AvgIpc) is 3.02. The highest BCUT2D eigenvalue weighted by Crippen LogP contribution is 2.21. The van der Waals surface area contributed by atoms with Crippen molar-refractivity contribution in [1.82, 2.24) is 20.2 Å². The third-order valence-electron chi connectivity index (χ3n) is 4.21. The maximum atomic E-state index is 12.1. The van der Waals surface area contributed by atoms with Crippen molar-refractivity contribution in [3.8, 4) is 0 Å². The number of aromatic nitrogens is 2. The van der Waals surface area contributed by atoms with Gasteiger partial charge in [0.2, 0.25) is 0 Å². The highest BCUT2D eigenvalue weighted by atomic mass is 35.5. The lowest BCUT2D eigenvalue weighted by atomic mass is 10.1. The molecule has 0 radical (unpaired) electrons. The van der Waals surface area contributed by atoms with E-state index >= 15 is 0 Å². The van der Waals surface area contributed by atoms with Crippen molar-refractivity contribution in [2.45, 2.75) is 13.0 Å². The topological polar surface area (TPSA) is 84.1 Å². The van der Waals surface area contributed by atoms with Gasteiger partial charge in [-0.15, -0.1) is 0 Å². The Morgan fingerprint density at radius 3 is 3.08 bits per heavy atom. The van der Waals surface area contributed by atoms with Gasteiger partial charge in [-0.05, 0) is 42.6 Å². The number of pyridine rings is 2. The first-order valence-corrected chi connectivity index (χ1v) is 8.30. The Hall–Kier alpha value is -2.18. The smallest absolute Gasteiger partial charge is 0.251 e. The summed E-state index contributed by atoms with van der Waals surface area (Å²) in [4.78, 5) is 22.4. The zero-order valence-corrected chi connectivity index (χ0v) is 14.0. The first-order valence-electron chi connectivity index (χ1n) is 7.92. The van der Waals surface area contributed by atoms with E-state index in [0.717, 1.165) is 31.6 Å². The first kappa shape index (κ1) is 16.7. The Bertz CT molecular complexity index is 724. The number of nitrogens with zero attached hydrogens (tertiary/aromatic N) is 3. The summed E-state index contributed by atoms with van der Waals surface area (Å²) in [7, 11) is 0. The number of nitrogens with two attached hydrogens (primary N) is 1. The molecule has 1 aliphatic rings. The van der Waals surface area contributed by atoms with Crippen molar-refractivity contribution in [1.29, 1.82) is 0 Å². The molecule has 2 aromatic heterocycles. The SMILES string of the molecule is Nc1cc(C(=O)NCC2CCN(Cc3ccncc3Cl)C2)ccn1. The van der Waals surface area contributed by atoms with Crippen LogP contribution in [-0.4, -0.2) is 40.4 Å². The van der Waals surface area contributed by atoms with Gasteiger partial charge < -0.3 is 11.1 Å². The van der Waals surface area contributed by atoms with E-state index < -0.39 is 0 Å². The summed E-state index contributed by atoms with van der Waals surface area (Å²) in [6, 6.07) is 5.20. The molecule has 1 saturated heterocycles. The van der Waals surface area contributed by atoms with E-state index in [1.165, 1.54) is 0 Å². The molecule has 6 nitrogen and oxygen atoms in total. The summed E-state index contributed by atoms with van der Waals surface area (Å²) in [5.74, 6) is 0.678. The van der Waals surface area contributed by atoms with Crippen molar-refractivity contribution in [3.63, 3.8) is 0 Å². The summed E-state index contributed by atoms with van der Waals surface area (Å²) in [5, 5.41) is 3.68. The third kappa shape index (κ3) is 4.21. The van der Waals surface area contributed by atoms with Crippen molar-refractivity contribution in [2.24, 2.45) is 5.92 Å². The highest BCUT2D eigenvalue weighted by molar-refractivity contribution is 6.31. The number of rotatable bonds is 5. The van der Waals surface area contributed by atoms with Gasteiger partial charge in [0, 0.05) is 43.8 Å². The number of carbonyl (C=O) groups excluding carboxylic acids is 1. The Morgan fingerprint density at radius 2 is 2.29 bits per heavy atom. The van der Waals surface area contributed by atoms with Crippen LogP contribution in [0.5, 0.6) is 0 Å². The van der Waals surface area contributed by atoms with Crippen LogP contribution in [0.15, 0.2) is 36.8 Å². The molecule has 1 unspecified atom stereocenters. The summed E-state index contributed by atoms with van der Waals surface area (Å²) in [6.45, 7) is 3.41. The lowest BCUT2D eigenvalue weighted by Crippen LogP contribution is -2.31. The fourth-order valence-corrected chi connectivity index (χ4v) is 3.10. The third-order valence-corrected chi connectivity index (χ3v) is 4.56. The van der Waals surface area contributed by atoms with Crippen LogP contribution in [0, 0.1) is 5.92 Å². The number of anilines is 1. The lowest BCUT2D eigenvalue weighted by molar-refractivity contribution is 0.0947. The number of halogens is 1. The molecule has 0 bridgehead atoms. The number of hydrogen-bond donors (Lipinski definition) is 2. The minimum atomic E-state index is -0.111. The second-order valence-electron chi connectivity index (χ2n) is 6.04. The molecular formula is C17H20ClN5O. The van der Waals surface area contributed by atoms with Crippen molar-refractivity contribution in [2.75, 3.05) is 25.4 Å². The number of hydrogen-bond acceptors (Lipinski definition) is 5. The molecule has 0 spiro atoms. The molecule has 7 heteroatoms. The number of likely N-dealkylation sites (tertiary alicyclic amines) is 1. The molecule has 3 N–H and O–H groups in total. The second-order valence-corrected chi connectivity index (χ2v) is 6.44. The molecule has 1 aliphatic heterocycles. The van der Waals surface area contributed by atoms with E-state index in [-0.39, 0.29) is 5.91 Å². The quantitative estimate of drug-likeness (QED) is 0.865. The fraction of sp³-hybridized carbons (Fsp3) is 0.353. The van der Waals surface area contributed by atoms with Crippen LogP contribution in [0.3, 0.4) is 0 Å². The van der Waals surface area contributed by atoms with Gasteiger partial charge in [0.25, 0.3) is 5.91 Å². The van der Waals surface area contributed by atoms with E-state index in [9.17, 15) is 4.79 Å². The lowest BCUT2D eigenvalue weighted by Gasteiger charge is -2.17. The van der Waals surface area contributed by atoms with E-state index in [2.05, 4.69) is 20.2 Å². The Morgan fingerprint density at radius 1 is 1.42 bits per heavy atom. The zero-order chi connectivity index (χ0) is 16.9. The van der Waals surface area contributed by atoms with E-state index in [4.69, 9.17) is 17.3 Å². The average molecular weight is 346 g/mol. The molecule has 1 atom stereocenters. The van der Waals surface area contributed by atoms with Crippen LogP contribution in [-0.2, 0) is 6.54 Å². The number of amides is 1. The second kappa shape index (κ2) is 7.59. The predicted molar refractivity (Wildman–Crippen MR) is 93.6 cm³/mol. The van der Waals surface area contributed by atoms with Crippen LogP contribution in [0.25, 0.3) is 0 Å². The van der Waals surface area contributed by atoms with Gasteiger partial charge in [0.15, 0.2) is 0 Å². The van der Waals surface area contributed by atoms with E-state index in [1.807, 2.05) is 6.07 Å². The molecule has 3 heterocycles. The van der Waals surface area contributed by atoms with Gasteiger partial charge in [-0.2, -0.15) is 0 Å². The number of nitrogens with one attached hydrogen (secondary N) is 1. The molecule has 0 aliphatic carbocycles. The maximum absolute atomic E-state index is 12.1. The molecule has 24 heavy (non-hydrogen) atoms. The molecule has 126 valence electrons. The monoisotopic (exact) mass is 345 g/mol. The van der Waals surface area contributed by atoms with E-state index in [1.54, 1.807) is 30.7 Å². The molecule has 0 aromatic carbocycles. The standard InChI is InChI=1S/C17H20ClN5O/c18-15-9-20-4-1-14(15)11-23-6-3-12(10-23)8-22-17(24)13-2-5-21-16(19)7-13/h1-2,4-5,7,9,12H,3,6,8,10-11H2,(H2,19,21)(H,22,24). The molecule has 2 aromatic rings. The Kier molecular flexibility index (Phi) is 5.27. The fourth-order valence-electron chi connectivity index (χ4n) is 2.92. The van der Waals surface area contributed by atoms with E-state index in [0.29, 0.717) is 28.9 Å². The summed E-state index contributed by atoms with van der Waals surface area (Å²) in [6.07, 6.45) is 6.03. The van der Waals surface area contributed by atoms with Gasteiger partial charge in [0.05, 0.1) is 5.02 Å². The zero-order valence-electron chi connectivity index (χ0n) is 13.3. The summed E-state index contributed by atoms with van der Waals surface area (Å²) < 4.78 is 0. The van der Waals surface area contributed by atoms with Crippen molar-refractivity contribution in [3.05, 3.63) is 52.9 Å². The maximum Gasteiger partial charge on any atom is 0.251 e. The van der Waals surface area contributed by atoms with Crippen LogP contribution in [0.2, 0.25) is 5.02 Å². The molecule has 1 amide bonds. The predicted octanol–water partition coefficient (Wildman–Crippen LogP) is 1.96. The molecule has 1 fully saturated rings. The highest BCUT2D eigenvalue weighted by Gasteiger charge is 2.23. The minimum absolute atomic E-state index is 0.111. The molecular weight excluding hydrogens is 326 g/mol. The van der Waals surface area contributed by atoms with Crippen LogP contribution < -0.4 is 11.1 Å².